The van der Waals surface area contributed by atoms with Crippen LogP contribution < -0.4 is 9.47 Å². The normalized spacial score (nSPS) is 17.2. The van der Waals surface area contributed by atoms with Gasteiger partial charge in [0.1, 0.15) is 29.5 Å². The number of nitriles is 1. The third-order valence-corrected chi connectivity index (χ3v) is 8.30. The van der Waals surface area contributed by atoms with Crippen molar-refractivity contribution < 1.29 is 28.5 Å². The smallest absolute Gasteiger partial charge is 0.335 e. The molecule has 1 unspecified atom stereocenters. The van der Waals surface area contributed by atoms with Crippen LogP contribution in [-0.2, 0) is 24.4 Å². The van der Waals surface area contributed by atoms with Gasteiger partial charge < -0.3 is 23.9 Å². The molecule has 0 amide bonds. The van der Waals surface area contributed by atoms with E-state index < -0.39 is 11.8 Å². The van der Waals surface area contributed by atoms with Crippen molar-refractivity contribution in [2.45, 2.75) is 57.9 Å². The molecule has 44 heavy (non-hydrogen) atoms. The molecule has 2 aliphatic rings. The highest BCUT2D eigenvalue weighted by Crippen LogP contribution is 2.32. The molecule has 11 heteroatoms. The molecular formula is C33H34FN5O5. The lowest BCUT2D eigenvalue weighted by molar-refractivity contribution is -0.0592. The first-order valence-corrected chi connectivity index (χ1v) is 14.9. The second-order valence-electron chi connectivity index (χ2n) is 11.2. The minimum atomic E-state index is -1.01. The number of pyridine rings is 1. The van der Waals surface area contributed by atoms with E-state index in [1.54, 1.807) is 30.3 Å². The molecule has 4 heterocycles. The lowest BCUT2D eigenvalue weighted by atomic mass is 9.93. The second-order valence-corrected chi connectivity index (χ2v) is 11.2. The Morgan fingerprint density at radius 2 is 1.95 bits per heavy atom. The van der Waals surface area contributed by atoms with Crippen LogP contribution in [0, 0.1) is 17.1 Å². The van der Waals surface area contributed by atoms with Gasteiger partial charge in [-0.1, -0.05) is 12.1 Å². The Morgan fingerprint density at radius 1 is 1.14 bits per heavy atom. The summed E-state index contributed by atoms with van der Waals surface area (Å²) in [6, 6.07) is 15.2. The number of carboxylic acid groups (broad SMARTS) is 1. The van der Waals surface area contributed by atoms with E-state index >= 15 is 0 Å². The van der Waals surface area contributed by atoms with Gasteiger partial charge >= 0.3 is 5.97 Å². The second kappa shape index (κ2) is 13.0. The summed E-state index contributed by atoms with van der Waals surface area (Å²) in [6.07, 6.45) is 2.84. The molecule has 0 aliphatic carbocycles. The molecule has 0 spiro atoms. The number of aromatic nitrogens is 3. The number of carboxylic acids is 1. The molecule has 6 rings (SSSR count). The van der Waals surface area contributed by atoms with E-state index in [2.05, 4.69) is 9.47 Å². The zero-order chi connectivity index (χ0) is 30.6. The number of halogens is 1. The molecule has 0 radical (unpaired) electrons. The van der Waals surface area contributed by atoms with E-state index in [4.69, 9.17) is 29.4 Å². The lowest BCUT2D eigenvalue weighted by Crippen LogP contribution is -2.35. The van der Waals surface area contributed by atoms with Gasteiger partial charge in [0, 0.05) is 29.8 Å². The van der Waals surface area contributed by atoms with Gasteiger partial charge in [-0.15, -0.1) is 0 Å². The number of fused-ring (bicyclic) bond motifs is 1. The van der Waals surface area contributed by atoms with Crippen molar-refractivity contribution in [2.24, 2.45) is 0 Å². The van der Waals surface area contributed by atoms with Crippen LogP contribution in [0.3, 0.4) is 0 Å². The van der Waals surface area contributed by atoms with Crippen LogP contribution in [0.1, 0.15) is 65.1 Å². The fourth-order valence-corrected chi connectivity index (χ4v) is 5.80. The number of piperidine rings is 1. The standard InChI is InChI=1S/C33H34FN5O5/c1-2-42-29-16-24(33(40)41)15-28-32(29)37-30(39(28)18-25-10-13-43-25)19-38-11-8-22(9-12-38)27-4-3-5-31(36-27)44-20-23-7-6-21(17-35)14-26(23)34/h3-7,14-16,22,25H,2,8-13,18-20H2,1H3,(H,40,41). The van der Waals surface area contributed by atoms with Crippen molar-refractivity contribution >= 4 is 17.0 Å². The molecule has 2 fully saturated rings. The summed E-state index contributed by atoms with van der Waals surface area (Å²) in [5.41, 5.74) is 3.17. The van der Waals surface area contributed by atoms with Crippen molar-refractivity contribution in [3.8, 4) is 17.7 Å². The van der Waals surface area contributed by atoms with Crippen LogP contribution in [0.25, 0.3) is 11.0 Å². The Kier molecular flexibility index (Phi) is 8.72. The number of carbonyl (C=O) groups is 1. The molecular weight excluding hydrogens is 565 g/mol. The number of aromatic carboxylic acids is 1. The third-order valence-electron chi connectivity index (χ3n) is 8.30. The van der Waals surface area contributed by atoms with Crippen LogP contribution in [0.15, 0.2) is 48.5 Å². The highest BCUT2D eigenvalue weighted by atomic mass is 19.1. The fraction of sp³-hybridized carbons (Fsp3) is 0.394. The van der Waals surface area contributed by atoms with Crippen molar-refractivity contribution in [2.75, 3.05) is 26.3 Å². The molecule has 2 aromatic heterocycles. The average molecular weight is 600 g/mol. The molecule has 0 bridgehead atoms. The zero-order valence-corrected chi connectivity index (χ0v) is 24.5. The minimum absolute atomic E-state index is 0.0261. The Labute approximate surface area is 254 Å². The topological polar surface area (TPSA) is 123 Å². The quantitative estimate of drug-likeness (QED) is 0.245. The van der Waals surface area contributed by atoms with Gasteiger partial charge in [-0.3, -0.25) is 4.90 Å². The molecule has 1 atom stereocenters. The van der Waals surface area contributed by atoms with Crippen LogP contribution >= 0.6 is 0 Å². The summed E-state index contributed by atoms with van der Waals surface area (Å²) in [5.74, 6) is 0.552. The number of nitrogens with zero attached hydrogens (tertiary/aromatic N) is 5. The summed E-state index contributed by atoms with van der Waals surface area (Å²) < 4.78 is 33.7. The van der Waals surface area contributed by atoms with E-state index in [1.165, 1.54) is 6.07 Å². The summed E-state index contributed by atoms with van der Waals surface area (Å²) in [4.78, 5) is 23.9. The SMILES string of the molecule is CCOc1cc(C(=O)O)cc2c1nc(CN1CCC(c3cccc(OCc4ccc(C#N)cc4F)n3)CC1)n2CC1CCO1. The van der Waals surface area contributed by atoms with E-state index in [9.17, 15) is 14.3 Å². The van der Waals surface area contributed by atoms with Crippen LogP contribution in [0.4, 0.5) is 4.39 Å². The van der Waals surface area contributed by atoms with E-state index in [0.29, 0.717) is 42.4 Å². The lowest BCUT2D eigenvalue weighted by Gasteiger charge is -2.32. The number of ether oxygens (including phenoxy) is 3. The Hall–Kier alpha value is -4.53. The molecule has 10 nitrogen and oxygen atoms in total. The summed E-state index contributed by atoms with van der Waals surface area (Å²) in [7, 11) is 0. The van der Waals surface area contributed by atoms with Gasteiger partial charge in [0.15, 0.2) is 0 Å². The number of likely N-dealkylation sites (tertiary alicyclic amines) is 1. The predicted octanol–water partition coefficient (Wildman–Crippen LogP) is 5.29. The van der Waals surface area contributed by atoms with Gasteiger partial charge in [-0.25, -0.2) is 19.2 Å². The molecule has 0 saturated carbocycles. The van der Waals surface area contributed by atoms with E-state index in [0.717, 1.165) is 56.0 Å². The number of rotatable bonds is 11. The van der Waals surface area contributed by atoms with Crippen molar-refractivity contribution in [3.63, 3.8) is 0 Å². The summed E-state index contributed by atoms with van der Waals surface area (Å²) in [6.45, 7) is 5.96. The number of benzene rings is 2. The average Bonchev–Trinajstić information content (AvgIpc) is 3.35. The largest absolute Gasteiger partial charge is 0.492 e. The molecule has 228 valence electrons. The molecule has 1 N–H and O–H groups in total. The van der Waals surface area contributed by atoms with E-state index in [1.807, 2.05) is 25.1 Å². The zero-order valence-electron chi connectivity index (χ0n) is 24.5. The predicted molar refractivity (Wildman–Crippen MR) is 159 cm³/mol. The molecule has 2 aromatic carbocycles. The Bertz CT molecular complexity index is 1700. The Morgan fingerprint density at radius 3 is 2.64 bits per heavy atom. The van der Waals surface area contributed by atoms with Gasteiger partial charge in [-0.05, 0) is 69.6 Å². The first-order chi connectivity index (χ1) is 21.4. The van der Waals surface area contributed by atoms with Gasteiger partial charge in [0.05, 0.1) is 48.5 Å². The minimum Gasteiger partial charge on any atom is -0.492 e. The first-order valence-electron chi connectivity index (χ1n) is 14.9. The first kappa shape index (κ1) is 29.5. The molecule has 2 saturated heterocycles. The van der Waals surface area contributed by atoms with Crippen molar-refractivity contribution in [1.82, 2.24) is 19.4 Å². The highest BCUT2D eigenvalue weighted by molar-refractivity contribution is 5.95. The van der Waals surface area contributed by atoms with Crippen LogP contribution in [0.5, 0.6) is 11.6 Å². The van der Waals surface area contributed by atoms with Gasteiger partial charge in [-0.2, -0.15) is 5.26 Å². The molecule has 4 aromatic rings. The van der Waals surface area contributed by atoms with Crippen molar-refractivity contribution in [1.29, 1.82) is 5.26 Å². The molecule has 2 aliphatic heterocycles. The van der Waals surface area contributed by atoms with Crippen LogP contribution in [0.2, 0.25) is 0 Å². The highest BCUT2D eigenvalue weighted by Gasteiger charge is 2.27. The van der Waals surface area contributed by atoms with Crippen molar-refractivity contribution in [3.05, 3.63) is 82.6 Å². The third kappa shape index (κ3) is 6.37. The maximum absolute atomic E-state index is 14.3. The monoisotopic (exact) mass is 599 g/mol. The number of hydrogen-bond donors (Lipinski definition) is 1. The Balaban J connectivity index is 1.14. The van der Waals surface area contributed by atoms with Crippen LogP contribution in [-0.4, -0.2) is 62.9 Å². The summed E-state index contributed by atoms with van der Waals surface area (Å²) >= 11 is 0. The number of imidazole rings is 1. The maximum Gasteiger partial charge on any atom is 0.335 e. The maximum atomic E-state index is 14.3. The van der Waals surface area contributed by atoms with Gasteiger partial charge in [0.2, 0.25) is 5.88 Å². The fourth-order valence-electron chi connectivity index (χ4n) is 5.80. The van der Waals surface area contributed by atoms with E-state index in [-0.39, 0.29) is 29.8 Å². The van der Waals surface area contributed by atoms with Gasteiger partial charge in [0.25, 0.3) is 0 Å². The number of hydrogen-bond acceptors (Lipinski definition) is 8. The summed E-state index contributed by atoms with van der Waals surface area (Å²) in [5, 5.41) is 18.7.